The molecule has 0 aliphatic carbocycles. The van der Waals surface area contributed by atoms with Gasteiger partial charge in [-0.25, -0.2) is 9.78 Å². The molecule has 0 bridgehead atoms. The molecule has 0 fully saturated rings. The standard InChI is InChI=1S/C16H8Cl3NO2/c17-11-5-4-8(6-13(11)19)14-7-10(16(21)22)9-2-1-3-12(18)15(9)20-14/h1-7H,(H,21,22). The molecule has 3 nitrogen and oxygen atoms in total. The topological polar surface area (TPSA) is 50.2 Å². The zero-order chi connectivity index (χ0) is 15.9. The maximum atomic E-state index is 11.5. The molecule has 0 saturated heterocycles. The van der Waals surface area contributed by atoms with Gasteiger partial charge in [-0.1, -0.05) is 53.0 Å². The van der Waals surface area contributed by atoms with Crippen molar-refractivity contribution in [1.82, 2.24) is 4.98 Å². The lowest BCUT2D eigenvalue weighted by Crippen LogP contribution is -2.00. The molecule has 1 N–H and O–H groups in total. The fraction of sp³-hybridized carbons (Fsp3) is 0. The van der Waals surface area contributed by atoms with Gasteiger partial charge in [0.15, 0.2) is 0 Å². The SMILES string of the molecule is O=C(O)c1cc(-c2ccc(Cl)c(Cl)c2)nc2c(Cl)cccc12. The van der Waals surface area contributed by atoms with E-state index in [1.54, 1.807) is 36.4 Å². The number of carbonyl (C=O) groups is 1. The first-order valence-corrected chi connectivity index (χ1v) is 7.39. The molecule has 0 radical (unpaired) electrons. The van der Waals surface area contributed by atoms with Gasteiger partial charge < -0.3 is 5.11 Å². The second-order valence-corrected chi connectivity index (χ2v) is 5.85. The average Bonchev–Trinajstić information content (AvgIpc) is 2.49. The predicted molar refractivity (Wildman–Crippen MR) is 89.2 cm³/mol. The number of aromatic nitrogens is 1. The summed E-state index contributed by atoms with van der Waals surface area (Å²) in [5, 5.41) is 11.1. The van der Waals surface area contributed by atoms with Crippen LogP contribution in [0.25, 0.3) is 22.2 Å². The van der Waals surface area contributed by atoms with Gasteiger partial charge in [-0.15, -0.1) is 0 Å². The molecule has 0 aliphatic heterocycles. The van der Waals surface area contributed by atoms with E-state index in [-0.39, 0.29) is 5.56 Å². The Kier molecular flexibility index (Phi) is 3.96. The Balaban J connectivity index is 2.33. The van der Waals surface area contributed by atoms with Crippen LogP contribution < -0.4 is 0 Å². The third-order valence-corrected chi connectivity index (χ3v) is 4.28. The first-order valence-electron chi connectivity index (χ1n) is 6.25. The Morgan fingerprint density at radius 3 is 2.41 bits per heavy atom. The Morgan fingerprint density at radius 1 is 0.955 bits per heavy atom. The van der Waals surface area contributed by atoms with E-state index in [0.717, 1.165) is 0 Å². The molecule has 0 amide bonds. The summed E-state index contributed by atoms with van der Waals surface area (Å²) in [5.41, 5.74) is 1.70. The van der Waals surface area contributed by atoms with Crippen molar-refractivity contribution in [2.45, 2.75) is 0 Å². The minimum absolute atomic E-state index is 0.133. The minimum atomic E-state index is -1.05. The largest absolute Gasteiger partial charge is 0.478 e. The first kappa shape index (κ1) is 15.1. The van der Waals surface area contributed by atoms with Gasteiger partial charge in [-0.3, -0.25) is 0 Å². The smallest absolute Gasteiger partial charge is 0.336 e. The van der Waals surface area contributed by atoms with Gasteiger partial charge >= 0.3 is 5.97 Å². The molecule has 0 spiro atoms. The van der Waals surface area contributed by atoms with Crippen LogP contribution in [0.3, 0.4) is 0 Å². The van der Waals surface area contributed by atoms with Gasteiger partial charge in [-0.05, 0) is 24.3 Å². The lowest BCUT2D eigenvalue weighted by Gasteiger charge is -2.09. The number of fused-ring (bicyclic) bond motifs is 1. The molecule has 6 heteroatoms. The third-order valence-electron chi connectivity index (χ3n) is 3.24. The van der Waals surface area contributed by atoms with Crippen molar-refractivity contribution in [2.75, 3.05) is 0 Å². The summed E-state index contributed by atoms with van der Waals surface area (Å²) in [7, 11) is 0. The molecule has 2 aromatic carbocycles. The number of nitrogens with zero attached hydrogens (tertiary/aromatic N) is 1. The highest BCUT2D eigenvalue weighted by Gasteiger charge is 2.15. The maximum Gasteiger partial charge on any atom is 0.336 e. The summed E-state index contributed by atoms with van der Waals surface area (Å²) in [6, 6.07) is 11.5. The van der Waals surface area contributed by atoms with Crippen molar-refractivity contribution in [1.29, 1.82) is 0 Å². The molecular weight excluding hydrogens is 345 g/mol. The second kappa shape index (κ2) is 5.76. The van der Waals surface area contributed by atoms with Crippen LogP contribution in [0.15, 0.2) is 42.5 Å². The van der Waals surface area contributed by atoms with Crippen LogP contribution in [0, 0.1) is 0 Å². The molecule has 3 rings (SSSR count). The van der Waals surface area contributed by atoms with Crippen LogP contribution >= 0.6 is 34.8 Å². The number of hydrogen-bond acceptors (Lipinski definition) is 2. The van der Waals surface area contributed by atoms with Crippen molar-refractivity contribution >= 4 is 51.7 Å². The quantitative estimate of drug-likeness (QED) is 0.657. The Bertz CT molecular complexity index is 909. The van der Waals surface area contributed by atoms with Gasteiger partial charge in [0.2, 0.25) is 0 Å². The monoisotopic (exact) mass is 351 g/mol. The summed E-state index contributed by atoms with van der Waals surface area (Å²) in [5.74, 6) is -1.05. The van der Waals surface area contributed by atoms with Crippen molar-refractivity contribution in [3.05, 3.63) is 63.1 Å². The van der Waals surface area contributed by atoms with Crippen LogP contribution in [-0.2, 0) is 0 Å². The summed E-state index contributed by atoms with van der Waals surface area (Å²) < 4.78 is 0. The zero-order valence-electron chi connectivity index (χ0n) is 11.0. The molecule has 0 saturated carbocycles. The van der Waals surface area contributed by atoms with Crippen molar-refractivity contribution < 1.29 is 9.90 Å². The molecule has 1 aromatic heterocycles. The number of hydrogen-bond donors (Lipinski definition) is 1. The molecular formula is C16H8Cl3NO2. The van der Waals surface area contributed by atoms with Crippen molar-refractivity contribution in [2.24, 2.45) is 0 Å². The van der Waals surface area contributed by atoms with E-state index >= 15 is 0 Å². The second-order valence-electron chi connectivity index (χ2n) is 4.63. The minimum Gasteiger partial charge on any atom is -0.478 e. The number of pyridine rings is 1. The normalized spacial score (nSPS) is 10.9. The van der Waals surface area contributed by atoms with Gasteiger partial charge in [0, 0.05) is 10.9 Å². The summed E-state index contributed by atoms with van der Waals surface area (Å²) >= 11 is 18.1. The van der Waals surface area contributed by atoms with Gasteiger partial charge in [0.25, 0.3) is 0 Å². The lowest BCUT2D eigenvalue weighted by molar-refractivity contribution is 0.0699. The van der Waals surface area contributed by atoms with E-state index in [1.165, 1.54) is 6.07 Å². The first-order chi connectivity index (χ1) is 10.5. The van der Waals surface area contributed by atoms with Crippen molar-refractivity contribution in [3.63, 3.8) is 0 Å². The fourth-order valence-electron chi connectivity index (χ4n) is 2.19. The van der Waals surface area contributed by atoms with Gasteiger partial charge in [0.05, 0.1) is 31.8 Å². The van der Waals surface area contributed by atoms with Gasteiger partial charge in [-0.2, -0.15) is 0 Å². The molecule has 3 aromatic rings. The summed E-state index contributed by atoms with van der Waals surface area (Å²) in [6.45, 7) is 0. The number of benzene rings is 2. The molecule has 22 heavy (non-hydrogen) atoms. The average molecular weight is 353 g/mol. The van der Waals surface area contributed by atoms with Crippen LogP contribution in [-0.4, -0.2) is 16.1 Å². The molecule has 0 unspecified atom stereocenters. The van der Waals surface area contributed by atoms with E-state index in [9.17, 15) is 9.90 Å². The summed E-state index contributed by atoms with van der Waals surface area (Å²) in [4.78, 5) is 16.0. The summed E-state index contributed by atoms with van der Waals surface area (Å²) in [6.07, 6.45) is 0. The van der Waals surface area contributed by atoms with E-state index in [4.69, 9.17) is 34.8 Å². The lowest BCUT2D eigenvalue weighted by atomic mass is 10.0. The number of carboxylic acids is 1. The van der Waals surface area contributed by atoms with Gasteiger partial charge in [0.1, 0.15) is 0 Å². The van der Waals surface area contributed by atoms with E-state index in [2.05, 4.69) is 4.98 Å². The highest BCUT2D eigenvalue weighted by atomic mass is 35.5. The highest BCUT2D eigenvalue weighted by Crippen LogP contribution is 2.32. The van der Waals surface area contributed by atoms with Crippen molar-refractivity contribution in [3.8, 4) is 11.3 Å². The van der Waals surface area contributed by atoms with E-state index in [1.807, 2.05) is 0 Å². The third kappa shape index (κ3) is 2.63. The predicted octanol–water partition coefficient (Wildman–Crippen LogP) is 5.56. The zero-order valence-corrected chi connectivity index (χ0v) is 13.2. The number of halogens is 3. The highest BCUT2D eigenvalue weighted by molar-refractivity contribution is 6.42. The Morgan fingerprint density at radius 2 is 1.73 bits per heavy atom. The fourth-order valence-corrected chi connectivity index (χ4v) is 2.71. The molecule has 110 valence electrons. The van der Waals surface area contributed by atoms with Crippen LogP contribution in [0.4, 0.5) is 0 Å². The van der Waals surface area contributed by atoms with Crippen LogP contribution in [0.5, 0.6) is 0 Å². The number of rotatable bonds is 2. The molecule has 0 aliphatic rings. The number of para-hydroxylation sites is 1. The number of carboxylic acid groups (broad SMARTS) is 1. The Hall–Kier alpha value is -1.81. The molecule has 0 atom stereocenters. The van der Waals surface area contributed by atoms with Crippen LogP contribution in [0.1, 0.15) is 10.4 Å². The van der Waals surface area contributed by atoms with E-state index in [0.29, 0.717) is 37.2 Å². The van der Waals surface area contributed by atoms with Crippen LogP contribution in [0.2, 0.25) is 15.1 Å². The van der Waals surface area contributed by atoms with E-state index < -0.39 is 5.97 Å². The maximum absolute atomic E-state index is 11.5. The Labute approximate surface area is 141 Å². The molecule has 1 heterocycles. The number of aromatic carboxylic acids is 1.